The Kier molecular flexibility index (Phi) is 5.57. The van der Waals surface area contributed by atoms with Gasteiger partial charge in [0, 0.05) is 6.04 Å². The largest absolute Gasteiger partial charge is 0.468 e. The number of methoxy groups -OCH3 is 1. The second-order valence-electron chi connectivity index (χ2n) is 2.62. The molecular weight excluding hydrogens is 163 g/mol. The molecule has 2 atom stereocenters. The molecule has 0 heterocycles. The average Bonchev–Trinajstić information content (AvgIpc) is 2.11. The predicted octanol–water partition coefficient (Wildman–Crippen LogP) is -0.436. The van der Waals surface area contributed by atoms with Crippen LogP contribution in [0.2, 0.25) is 0 Å². The minimum atomic E-state index is -0.687. The van der Waals surface area contributed by atoms with Crippen molar-refractivity contribution in [3.63, 3.8) is 0 Å². The summed E-state index contributed by atoms with van der Waals surface area (Å²) in [7, 11) is 1.26. The monoisotopic (exact) mass is 178 g/mol. The molecule has 0 aromatic carbocycles. The van der Waals surface area contributed by atoms with E-state index in [0.717, 1.165) is 0 Å². The van der Waals surface area contributed by atoms with Crippen molar-refractivity contribution in [2.45, 2.75) is 24.9 Å². The second-order valence-corrected chi connectivity index (χ2v) is 2.62. The Morgan fingerprint density at radius 2 is 2.08 bits per heavy atom. The molecule has 0 aliphatic rings. The zero-order chi connectivity index (χ0) is 9.56. The Morgan fingerprint density at radius 3 is 2.50 bits per heavy atom. The lowest BCUT2D eigenvalue weighted by molar-refractivity contribution is -0.142. The van der Waals surface area contributed by atoms with Crippen molar-refractivity contribution in [2.75, 3.05) is 13.8 Å². The fraction of sp³-hybridized carbons (Fsp3) is 0.857. The molecule has 0 aromatic rings. The van der Waals surface area contributed by atoms with Crippen molar-refractivity contribution in [1.29, 1.82) is 0 Å². The van der Waals surface area contributed by atoms with Gasteiger partial charge in [-0.2, -0.15) is 0 Å². The first-order valence-electron chi connectivity index (χ1n) is 3.76. The van der Waals surface area contributed by atoms with Gasteiger partial charge < -0.3 is 16.2 Å². The van der Waals surface area contributed by atoms with Crippen LogP contribution < -0.4 is 11.5 Å². The zero-order valence-corrected chi connectivity index (χ0v) is 7.13. The topological polar surface area (TPSA) is 78.3 Å². The number of ether oxygens (including phenoxy) is 1. The van der Waals surface area contributed by atoms with Gasteiger partial charge in [0.05, 0.1) is 7.11 Å². The van der Waals surface area contributed by atoms with E-state index in [2.05, 4.69) is 4.74 Å². The third-order valence-electron chi connectivity index (χ3n) is 1.55. The Hall–Kier alpha value is -0.680. The molecule has 4 N–H and O–H groups in total. The summed E-state index contributed by atoms with van der Waals surface area (Å²) in [5.41, 5.74) is 10.7. The molecule has 5 heteroatoms. The molecule has 0 radical (unpaired) electrons. The van der Waals surface area contributed by atoms with E-state index >= 15 is 0 Å². The molecule has 72 valence electrons. The van der Waals surface area contributed by atoms with Gasteiger partial charge in [-0.3, -0.25) is 4.79 Å². The van der Waals surface area contributed by atoms with Crippen LogP contribution in [-0.2, 0) is 9.53 Å². The normalized spacial score (nSPS) is 15.3. The maximum atomic E-state index is 11.8. The van der Waals surface area contributed by atoms with Crippen LogP contribution in [0.4, 0.5) is 4.39 Å². The van der Waals surface area contributed by atoms with Crippen LogP contribution in [0.25, 0.3) is 0 Å². The van der Waals surface area contributed by atoms with Crippen molar-refractivity contribution in [3.8, 4) is 0 Å². The van der Waals surface area contributed by atoms with Crippen molar-refractivity contribution >= 4 is 5.97 Å². The lowest BCUT2D eigenvalue weighted by atomic mass is 10.1. The fourth-order valence-electron chi connectivity index (χ4n) is 0.740. The van der Waals surface area contributed by atoms with Gasteiger partial charge >= 0.3 is 5.97 Å². The van der Waals surface area contributed by atoms with E-state index in [1.807, 2.05) is 0 Å². The van der Waals surface area contributed by atoms with Crippen LogP contribution in [0, 0.1) is 0 Å². The molecule has 4 nitrogen and oxygen atoms in total. The minimum Gasteiger partial charge on any atom is -0.468 e. The summed E-state index contributed by atoms with van der Waals surface area (Å²) >= 11 is 0. The number of hydrogen-bond acceptors (Lipinski definition) is 4. The maximum Gasteiger partial charge on any atom is 0.322 e. The van der Waals surface area contributed by atoms with Gasteiger partial charge in [0.15, 0.2) is 0 Å². The van der Waals surface area contributed by atoms with Gasteiger partial charge in [-0.15, -0.1) is 0 Å². The SMILES string of the molecule is COC(=O)C(N)CCC(N)CF. The standard InChI is InChI=1S/C7H15FN2O2/c1-12-7(11)6(10)3-2-5(9)4-8/h5-6H,2-4,9-10H2,1H3. The second kappa shape index (κ2) is 5.91. The molecule has 0 bridgehead atoms. The zero-order valence-electron chi connectivity index (χ0n) is 7.13. The predicted molar refractivity (Wildman–Crippen MR) is 43.2 cm³/mol. The molecular formula is C7H15FN2O2. The van der Waals surface area contributed by atoms with Gasteiger partial charge in [0.2, 0.25) is 0 Å². The van der Waals surface area contributed by atoms with Gasteiger partial charge in [-0.05, 0) is 12.8 Å². The Morgan fingerprint density at radius 1 is 1.50 bits per heavy atom. The smallest absolute Gasteiger partial charge is 0.322 e. The highest BCUT2D eigenvalue weighted by molar-refractivity contribution is 5.75. The number of carbonyl (C=O) groups excluding carboxylic acids is 1. The highest BCUT2D eigenvalue weighted by Crippen LogP contribution is 2.00. The first-order chi connectivity index (χ1) is 5.61. The minimum absolute atomic E-state index is 0.359. The fourth-order valence-corrected chi connectivity index (χ4v) is 0.740. The third-order valence-corrected chi connectivity index (χ3v) is 1.55. The van der Waals surface area contributed by atoms with Crippen molar-refractivity contribution in [2.24, 2.45) is 11.5 Å². The molecule has 0 saturated carbocycles. The first kappa shape index (κ1) is 11.3. The van der Waals surface area contributed by atoms with Crippen molar-refractivity contribution in [3.05, 3.63) is 0 Å². The maximum absolute atomic E-state index is 11.8. The van der Waals surface area contributed by atoms with Gasteiger partial charge in [-0.25, -0.2) is 4.39 Å². The number of esters is 1. The lowest BCUT2D eigenvalue weighted by Crippen LogP contribution is -2.34. The molecule has 0 aliphatic heterocycles. The summed E-state index contributed by atoms with van der Waals surface area (Å²) in [4.78, 5) is 10.7. The summed E-state index contributed by atoms with van der Waals surface area (Å²) < 4.78 is 16.2. The molecule has 0 amide bonds. The summed E-state index contributed by atoms with van der Waals surface area (Å²) in [6.07, 6.45) is 0.754. The summed E-state index contributed by atoms with van der Waals surface area (Å²) in [6, 6.07) is -1.21. The first-order valence-corrected chi connectivity index (χ1v) is 3.76. The highest BCUT2D eigenvalue weighted by atomic mass is 19.1. The lowest BCUT2D eigenvalue weighted by Gasteiger charge is -2.10. The van der Waals surface area contributed by atoms with E-state index < -0.39 is 24.7 Å². The van der Waals surface area contributed by atoms with Gasteiger partial charge in [0.1, 0.15) is 12.7 Å². The van der Waals surface area contributed by atoms with E-state index in [1.54, 1.807) is 0 Å². The molecule has 0 aromatic heterocycles. The molecule has 0 rings (SSSR count). The number of hydrogen-bond donors (Lipinski definition) is 2. The van der Waals surface area contributed by atoms with Crippen LogP contribution in [-0.4, -0.2) is 31.8 Å². The quantitative estimate of drug-likeness (QED) is 0.559. The van der Waals surface area contributed by atoms with Gasteiger partial charge in [-0.1, -0.05) is 0 Å². The summed E-state index contributed by atoms with van der Waals surface area (Å²) in [5.74, 6) is -0.485. The van der Waals surface area contributed by atoms with Crippen LogP contribution in [0.15, 0.2) is 0 Å². The molecule has 0 aliphatic carbocycles. The van der Waals surface area contributed by atoms with Gasteiger partial charge in [0.25, 0.3) is 0 Å². The van der Waals surface area contributed by atoms with Crippen LogP contribution in [0.1, 0.15) is 12.8 Å². The highest BCUT2D eigenvalue weighted by Gasteiger charge is 2.14. The third kappa shape index (κ3) is 4.25. The Balaban J connectivity index is 3.56. The van der Waals surface area contributed by atoms with Crippen molar-refractivity contribution in [1.82, 2.24) is 0 Å². The summed E-state index contributed by atoms with van der Waals surface area (Å²) in [6.45, 7) is -0.589. The summed E-state index contributed by atoms with van der Waals surface area (Å²) in [5, 5.41) is 0. The van der Waals surface area contributed by atoms with Crippen molar-refractivity contribution < 1.29 is 13.9 Å². The average molecular weight is 178 g/mol. The Labute approximate surface area is 71.0 Å². The molecule has 2 unspecified atom stereocenters. The van der Waals surface area contributed by atoms with Crippen LogP contribution in [0.5, 0.6) is 0 Å². The molecule has 0 spiro atoms. The van der Waals surface area contributed by atoms with E-state index in [1.165, 1.54) is 7.11 Å². The molecule has 0 fully saturated rings. The van der Waals surface area contributed by atoms with E-state index in [0.29, 0.717) is 12.8 Å². The number of carbonyl (C=O) groups is 1. The number of nitrogens with two attached hydrogens (primary N) is 2. The number of alkyl halides is 1. The van der Waals surface area contributed by atoms with E-state index in [4.69, 9.17) is 11.5 Å². The van der Waals surface area contributed by atoms with Crippen LogP contribution >= 0.6 is 0 Å². The van der Waals surface area contributed by atoms with Crippen LogP contribution in [0.3, 0.4) is 0 Å². The number of rotatable bonds is 5. The molecule has 0 saturated heterocycles. The Bertz CT molecular complexity index is 143. The van der Waals surface area contributed by atoms with E-state index in [-0.39, 0.29) is 0 Å². The molecule has 12 heavy (non-hydrogen) atoms. The van der Waals surface area contributed by atoms with E-state index in [9.17, 15) is 9.18 Å². The number of halogens is 1.